The van der Waals surface area contributed by atoms with Crippen LogP contribution in [0.1, 0.15) is 23.1 Å². The van der Waals surface area contributed by atoms with E-state index >= 15 is 0 Å². The molecule has 9 nitrogen and oxygen atoms in total. The largest absolute Gasteiger partial charge is 0.510 e. The molecule has 0 heterocycles. The number of phenols is 1. The number of carbonyl (C=O) groups is 2. The molecule has 1 amide bonds. The molecule has 0 bridgehead atoms. The molecule has 2 aromatic carbocycles. The number of carbonyl (C=O) groups excluding carboxylic acids is 2. The van der Waals surface area contributed by atoms with Crippen molar-refractivity contribution in [2.75, 3.05) is 14.1 Å². The maximum Gasteiger partial charge on any atom is 0.251 e. The van der Waals surface area contributed by atoms with Crippen molar-refractivity contribution in [3.63, 3.8) is 0 Å². The normalized spacial score (nSPS) is 27.1. The Morgan fingerprint density at radius 3 is 2.31 bits per heavy atom. The summed E-state index contributed by atoms with van der Waals surface area (Å²) in [5.41, 5.74) is 8.45. The van der Waals surface area contributed by atoms with Gasteiger partial charge in [-0.2, -0.15) is 0 Å². The van der Waals surface area contributed by atoms with E-state index < -0.39 is 81.4 Å². The molecule has 1 saturated carbocycles. The number of primary amides is 1. The minimum atomic E-state index is -2.38. The van der Waals surface area contributed by atoms with Crippen molar-refractivity contribution >= 4 is 17.4 Å². The lowest BCUT2D eigenvalue weighted by atomic mass is 9.55. The van der Waals surface area contributed by atoms with Crippen LogP contribution in [0.5, 0.6) is 5.75 Å². The maximum atomic E-state index is 14.3. The van der Waals surface area contributed by atoms with Crippen molar-refractivity contribution in [1.29, 1.82) is 0 Å². The summed E-state index contributed by atoms with van der Waals surface area (Å²) in [7, 11) is 3.22. The van der Waals surface area contributed by atoms with Gasteiger partial charge in [0.25, 0.3) is 5.91 Å². The third-order valence-corrected chi connectivity index (χ3v) is 8.82. The predicted octanol–water partition coefficient (Wildman–Crippen LogP) is 2.74. The number of amides is 1. The number of aliphatic hydroxyl groups is 3. The Bertz CT molecular complexity index is 1610. The predicted molar refractivity (Wildman–Crippen MR) is 146 cm³/mol. The number of phenolic OH excluding ortho intramolecular Hbond substituents is 1. The van der Waals surface area contributed by atoms with Gasteiger partial charge in [-0.3, -0.25) is 14.5 Å². The van der Waals surface area contributed by atoms with Crippen molar-refractivity contribution < 1.29 is 43.2 Å². The standard InChI is InChI=1S/C30H30F3N3O6/c1-4-30(42)21-16(24(36(2)3)28(40)22(30)29(35)41)6-12-5-15-14(11-8-17(31)23(33)18(32)9-11)7-13(10-34)25(37)20(15)26(38)19(12)27(21)39/h4,7-9,12,16,21,24,37-38,40,42H,1,5-6,10,34H2,2-3H3,(H2,35,41)/t12?,16?,21?,24-,30?/m0/s1. The zero-order chi connectivity index (χ0) is 31.0. The second-order valence-electron chi connectivity index (χ2n) is 11.2. The van der Waals surface area contributed by atoms with E-state index in [1.54, 1.807) is 19.0 Å². The number of allylic oxidation sites excluding steroid dienone is 1. The molecule has 0 aromatic heterocycles. The number of benzene rings is 2. The first-order valence-corrected chi connectivity index (χ1v) is 13.2. The average molecular weight is 586 g/mol. The monoisotopic (exact) mass is 585 g/mol. The summed E-state index contributed by atoms with van der Waals surface area (Å²) in [6.45, 7) is 3.34. The highest BCUT2D eigenvalue weighted by molar-refractivity contribution is 6.09. The van der Waals surface area contributed by atoms with E-state index in [0.717, 1.165) is 18.2 Å². The highest BCUT2D eigenvalue weighted by atomic mass is 19.2. The number of rotatable bonds is 5. The number of ketones is 1. The third kappa shape index (κ3) is 3.97. The summed E-state index contributed by atoms with van der Waals surface area (Å²) >= 11 is 0. The van der Waals surface area contributed by atoms with Gasteiger partial charge in [-0.25, -0.2) is 13.2 Å². The van der Waals surface area contributed by atoms with Crippen LogP contribution in [0.25, 0.3) is 16.9 Å². The number of fused-ring (bicyclic) bond motifs is 3. The molecule has 3 aliphatic carbocycles. The van der Waals surface area contributed by atoms with Crippen LogP contribution in [0.15, 0.2) is 47.8 Å². The lowest BCUT2D eigenvalue weighted by molar-refractivity contribution is -0.136. The molecule has 8 N–H and O–H groups in total. The van der Waals surface area contributed by atoms with Crippen LogP contribution in [0.2, 0.25) is 0 Å². The zero-order valence-electron chi connectivity index (χ0n) is 22.8. The fraction of sp³-hybridized carbons (Fsp3) is 0.333. The summed E-state index contributed by atoms with van der Waals surface area (Å²) in [5, 5.41) is 45.5. The Kier molecular flexibility index (Phi) is 6.99. The highest BCUT2D eigenvalue weighted by Crippen LogP contribution is 2.55. The van der Waals surface area contributed by atoms with E-state index in [-0.39, 0.29) is 52.8 Å². The van der Waals surface area contributed by atoms with E-state index in [1.807, 2.05) is 0 Å². The number of nitrogens with zero attached hydrogens (tertiary/aromatic N) is 1. The summed E-state index contributed by atoms with van der Waals surface area (Å²) in [6.07, 6.45) is 1.03. The van der Waals surface area contributed by atoms with Crippen LogP contribution in [0.4, 0.5) is 13.2 Å². The number of hydrogen-bond acceptors (Lipinski definition) is 8. The SMILES string of the molecule is C=CC1(O)C(C(N)=O)=C(O)[C@@H](N(C)C)C2CC3Cc4c(-c5cc(F)c(F)c(F)c5)cc(CN)c(O)c4C(O)=C3C(=O)C21. The smallest absolute Gasteiger partial charge is 0.251 e. The van der Waals surface area contributed by atoms with Gasteiger partial charge < -0.3 is 31.9 Å². The van der Waals surface area contributed by atoms with E-state index in [1.165, 1.54) is 6.07 Å². The first-order valence-electron chi connectivity index (χ1n) is 13.2. The number of likely N-dealkylation sites (N-methyl/N-ethyl adjacent to an activating group) is 1. The number of aliphatic hydroxyl groups excluding tert-OH is 2. The second-order valence-corrected chi connectivity index (χ2v) is 11.2. The molecular formula is C30H30F3N3O6. The van der Waals surface area contributed by atoms with Crippen LogP contribution in [0.3, 0.4) is 0 Å². The Balaban J connectivity index is 1.78. The van der Waals surface area contributed by atoms with Gasteiger partial charge in [0.05, 0.1) is 23.1 Å². The van der Waals surface area contributed by atoms with Crippen LogP contribution >= 0.6 is 0 Å². The number of nitrogens with two attached hydrogens (primary N) is 2. The van der Waals surface area contributed by atoms with Crippen molar-refractivity contribution in [2.24, 2.45) is 29.2 Å². The summed E-state index contributed by atoms with van der Waals surface area (Å²) in [4.78, 5) is 28.2. The lowest BCUT2D eigenvalue weighted by Gasteiger charge is -2.52. The molecule has 2 aromatic rings. The minimum absolute atomic E-state index is 0.0160. The molecule has 0 radical (unpaired) electrons. The van der Waals surface area contributed by atoms with Gasteiger partial charge in [-0.1, -0.05) is 12.7 Å². The quantitative estimate of drug-likeness (QED) is 0.230. The van der Waals surface area contributed by atoms with Crippen molar-refractivity contribution in [3.05, 3.63) is 81.9 Å². The van der Waals surface area contributed by atoms with Crippen LogP contribution in [-0.2, 0) is 22.6 Å². The van der Waals surface area contributed by atoms with Crippen molar-refractivity contribution in [1.82, 2.24) is 4.90 Å². The molecule has 222 valence electrons. The van der Waals surface area contributed by atoms with E-state index in [9.17, 15) is 43.2 Å². The Morgan fingerprint density at radius 2 is 1.79 bits per heavy atom. The Hall–Kier alpha value is -4.13. The number of halogens is 3. The molecule has 0 saturated heterocycles. The first kappa shape index (κ1) is 29.4. The number of Topliss-reactive ketones (excluding diaryl/α,β-unsaturated/α-hetero) is 1. The minimum Gasteiger partial charge on any atom is -0.510 e. The molecule has 3 aliphatic rings. The molecule has 5 atom stereocenters. The topological polar surface area (TPSA) is 170 Å². The molecule has 4 unspecified atom stereocenters. The van der Waals surface area contributed by atoms with Crippen LogP contribution < -0.4 is 11.5 Å². The van der Waals surface area contributed by atoms with Gasteiger partial charge in [0.15, 0.2) is 23.2 Å². The van der Waals surface area contributed by atoms with Gasteiger partial charge in [-0.05, 0) is 73.7 Å². The Morgan fingerprint density at radius 1 is 1.17 bits per heavy atom. The van der Waals surface area contributed by atoms with Gasteiger partial charge >= 0.3 is 0 Å². The first-order chi connectivity index (χ1) is 19.7. The third-order valence-electron chi connectivity index (χ3n) is 8.82. The summed E-state index contributed by atoms with van der Waals surface area (Å²) < 4.78 is 42.3. The molecule has 42 heavy (non-hydrogen) atoms. The molecule has 1 fully saturated rings. The number of hydrogen-bond donors (Lipinski definition) is 6. The highest BCUT2D eigenvalue weighted by Gasteiger charge is 2.61. The van der Waals surface area contributed by atoms with Crippen molar-refractivity contribution in [3.8, 4) is 16.9 Å². The molecule has 0 spiro atoms. The molecule has 12 heteroatoms. The van der Waals surface area contributed by atoms with E-state index in [0.29, 0.717) is 0 Å². The Labute approximate surface area is 238 Å². The van der Waals surface area contributed by atoms with Gasteiger partial charge in [-0.15, -0.1) is 0 Å². The molecular weight excluding hydrogens is 555 g/mol. The fourth-order valence-electron chi connectivity index (χ4n) is 7.11. The summed E-state index contributed by atoms with van der Waals surface area (Å²) in [6, 6.07) is 2.02. The fourth-order valence-corrected chi connectivity index (χ4v) is 7.11. The van der Waals surface area contributed by atoms with Crippen LogP contribution in [-0.4, -0.2) is 62.8 Å². The molecule has 0 aliphatic heterocycles. The molecule has 5 rings (SSSR count). The van der Waals surface area contributed by atoms with Crippen molar-refractivity contribution in [2.45, 2.75) is 31.0 Å². The van der Waals surface area contributed by atoms with E-state index in [4.69, 9.17) is 11.5 Å². The van der Waals surface area contributed by atoms with Gasteiger partial charge in [0.2, 0.25) is 0 Å². The van der Waals surface area contributed by atoms with E-state index in [2.05, 4.69) is 6.58 Å². The average Bonchev–Trinajstić information content (AvgIpc) is 2.90. The number of aromatic hydroxyl groups is 1. The lowest BCUT2D eigenvalue weighted by Crippen LogP contribution is -2.62. The zero-order valence-corrected chi connectivity index (χ0v) is 22.8. The van der Waals surface area contributed by atoms with Gasteiger partial charge in [0, 0.05) is 17.7 Å². The van der Waals surface area contributed by atoms with Gasteiger partial charge in [0.1, 0.15) is 22.9 Å². The summed E-state index contributed by atoms with van der Waals surface area (Å²) in [5.74, 6) is -11.0. The second kappa shape index (κ2) is 10.0. The maximum absolute atomic E-state index is 14.3. The van der Waals surface area contributed by atoms with Crippen LogP contribution in [0, 0.1) is 35.2 Å².